The molecule has 0 aromatic rings. The third-order valence-corrected chi connectivity index (χ3v) is 0.706. The molecule has 1 N–H and O–H groups in total. The van der Waals surface area contributed by atoms with E-state index >= 15 is 0 Å². The molecule has 0 aromatic carbocycles. The summed E-state index contributed by atoms with van der Waals surface area (Å²) in [6.07, 6.45) is 3.92. The van der Waals surface area contributed by atoms with E-state index < -0.39 is 0 Å². The summed E-state index contributed by atoms with van der Waals surface area (Å²) in [4.78, 5) is 9.49. The van der Waals surface area contributed by atoms with Crippen LogP contribution in [-0.4, -0.2) is 12.8 Å². The van der Waals surface area contributed by atoms with Gasteiger partial charge in [0.05, 0.1) is 0 Å². The van der Waals surface area contributed by atoms with Crippen LogP contribution in [0.15, 0.2) is 0 Å². The minimum absolute atomic E-state index is 0. The van der Waals surface area contributed by atoms with Crippen LogP contribution in [0.5, 0.6) is 0 Å². The predicted octanol–water partition coefficient (Wildman–Crippen LogP) is 3.38. The van der Waals surface area contributed by atoms with Gasteiger partial charge in [-0.05, 0) is 0 Å². The smallest absolute Gasteiger partial charge is 0.677 e. The number of carbonyl (C=O) groups excluding carboxylic acids is 1. The van der Waals surface area contributed by atoms with Gasteiger partial charge < -0.3 is 23.9 Å². The van der Waals surface area contributed by atoms with E-state index in [-0.39, 0.29) is 61.2 Å². The standard InChI is InChI=1S/C5H9NO.C4H9.CH3.W.Y/c6-4-2-1-3-5-7;1-4(2)3;;;/h6H,1-4H2;1-3H3;1H3;;/q-2;2*-1;+2;. The molecule has 0 rings (SSSR count). The van der Waals surface area contributed by atoms with Crippen LogP contribution in [0.4, 0.5) is 0 Å². The molecule has 0 amide bonds. The van der Waals surface area contributed by atoms with Gasteiger partial charge in [0, 0.05) is 32.7 Å². The molecule has 0 atom stereocenters. The Bertz CT molecular complexity index is 79.8. The fraction of sp³-hybridized carbons (Fsp3) is 0.700. The first kappa shape index (κ1) is 29.5. The van der Waals surface area contributed by atoms with Crippen LogP contribution < -0.4 is 0 Å². The monoisotopic (exact) mass is 444 g/mol. The number of hydrogen-bond acceptors (Lipinski definition) is 1. The maximum atomic E-state index is 9.49. The van der Waals surface area contributed by atoms with Gasteiger partial charge in [0.1, 0.15) is 0 Å². The summed E-state index contributed by atoms with van der Waals surface area (Å²) in [6, 6.07) is 0. The zero-order chi connectivity index (χ0) is 9.11. The molecule has 0 aliphatic heterocycles. The molecule has 0 saturated carbocycles. The van der Waals surface area contributed by atoms with Gasteiger partial charge in [-0.1, -0.05) is 12.8 Å². The minimum Gasteiger partial charge on any atom is -0.677 e. The van der Waals surface area contributed by atoms with E-state index in [9.17, 15) is 4.79 Å². The summed E-state index contributed by atoms with van der Waals surface area (Å²) in [6.45, 7) is 6.68. The van der Waals surface area contributed by atoms with Crippen molar-refractivity contribution in [2.24, 2.45) is 0 Å². The molecule has 83 valence electrons. The molecule has 0 spiro atoms. The zero-order valence-electron chi connectivity index (χ0n) is 9.72. The molecule has 0 aliphatic rings. The van der Waals surface area contributed by atoms with Crippen molar-refractivity contribution in [3.05, 3.63) is 19.1 Å². The molecule has 0 bridgehead atoms. The van der Waals surface area contributed by atoms with Crippen LogP contribution in [0, 0.1) is 13.3 Å². The Hall–Kier alpha value is 1.42. The Labute approximate surface area is 129 Å². The molecular formula is C10H21NOWY-2. The molecule has 0 unspecified atom stereocenters. The van der Waals surface area contributed by atoms with E-state index in [1.807, 2.05) is 0 Å². The Morgan fingerprint density at radius 2 is 1.57 bits per heavy atom. The Morgan fingerprint density at radius 1 is 1.21 bits per heavy atom. The Morgan fingerprint density at radius 3 is 1.79 bits per heavy atom. The van der Waals surface area contributed by atoms with Gasteiger partial charge in [-0.25, -0.2) is 0 Å². The summed E-state index contributed by atoms with van der Waals surface area (Å²) in [5.41, 5.74) is 6.65. The third-order valence-electron chi connectivity index (χ3n) is 0.706. The van der Waals surface area contributed by atoms with Gasteiger partial charge in [0.25, 0.3) is 0 Å². The van der Waals surface area contributed by atoms with Crippen LogP contribution in [-0.2, 0) is 58.6 Å². The summed E-state index contributed by atoms with van der Waals surface area (Å²) >= 11 is 0. The van der Waals surface area contributed by atoms with Gasteiger partial charge in [0.2, 0.25) is 0 Å². The summed E-state index contributed by atoms with van der Waals surface area (Å²) < 4.78 is 0. The molecule has 2 nitrogen and oxygen atoms in total. The quantitative estimate of drug-likeness (QED) is 0.485. The average Bonchev–Trinajstić information content (AvgIpc) is 1.88. The van der Waals surface area contributed by atoms with E-state index in [2.05, 4.69) is 20.8 Å². The fourth-order valence-electron chi connectivity index (χ4n) is 0.322. The van der Waals surface area contributed by atoms with Crippen LogP contribution in [0.2, 0.25) is 0 Å². The van der Waals surface area contributed by atoms with Crippen molar-refractivity contribution in [3.8, 4) is 0 Å². The largest absolute Gasteiger partial charge is 2.00 e. The van der Waals surface area contributed by atoms with E-state index in [0.29, 0.717) is 13.0 Å². The molecule has 0 aromatic heterocycles. The van der Waals surface area contributed by atoms with Gasteiger partial charge in [-0.3, -0.25) is 6.29 Å². The predicted molar refractivity (Wildman–Crippen MR) is 55.4 cm³/mol. The van der Waals surface area contributed by atoms with Crippen molar-refractivity contribution < 1.29 is 58.6 Å². The van der Waals surface area contributed by atoms with E-state index in [1.165, 1.54) is 5.92 Å². The Balaban J connectivity index is -0.0000000347. The second kappa shape index (κ2) is 29.3. The molecule has 4 heteroatoms. The number of hydrogen-bond donors (Lipinski definition) is 0. The summed E-state index contributed by atoms with van der Waals surface area (Å²) in [7, 11) is 0. The normalized spacial score (nSPS) is 6.93. The summed E-state index contributed by atoms with van der Waals surface area (Å²) in [5.74, 6) is 1.42. The zero-order valence-corrected chi connectivity index (χ0v) is 15.5. The Kier molecular flexibility index (Phi) is 61.7. The number of nitrogens with one attached hydrogen (secondary N) is 1. The van der Waals surface area contributed by atoms with Gasteiger partial charge in [0.15, 0.2) is 0 Å². The van der Waals surface area contributed by atoms with E-state index in [1.54, 1.807) is 6.29 Å². The van der Waals surface area contributed by atoms with E-state index in [0.717, 1.165) is 12.8 Å². The SMILES string of the molecule is C[C-](C)C.[CH3-].[NH-]CCCC[C-]=O.[W+2].[Y]. The molecule has 0 aliphatic carbocycles. The topological polar surface area (TPSA) is 40.9 Å². The maximum absolute atomic E-state index is 9.49. The van der Waals surface area contributed by atoms with Gasteiger partial charge in [-0.15, -0.1) is 0 Å². The van der Waals surface area contributed by atoms with Crippen LogP contribution in [0.3, 0.4) is 0 Å². The first-order chi connectivity index (χ1) is 5.15. The molecule has 0 heterocycles. The fourth-order valence-corrected chi connectivity index (χ4v) is 0.322. The van der Waals surface area contributed by atoms with E-state index in [4.69, 9.17) is 5.73 Å². The first-order valence-corrected chi connectivity index (χ1v) is 3.91. The molecular weight excluding hydrogens is 423 g/mol. The van der Waals surface area contributed by atoms with Gasteiger partial charge >= 0.3 is 21.1 Å². The number of unbranched alkanes of at least 4 members (excludes halogenated alkanes) is 2. The molecule has 14 heavy (non-hydrogen) atoms. The van der Waals surface area contributed by atoms with Crippen LogP contribution >= 0.6 is 0 Å². The van der Waals surface area contributed by atoms with Crippen molar-refractivity contribution >= 4 is 6.29 Å². The maximum Gasteiger partial charge on any atom is 2.00 e. The third kappa shape index (κ3) is 70.4. The molecule has 0 saturated heterocycles. The van der Waals surface area contributed by atoms with Crippen LogP contribution in [0.25, 0.3) is 5.73 Å². The molecule has 0 fully saturated rings. The van der Waals surface area contributed by atoms with Crippen molar-refractivity contribution in [2.75, 3.05) is 6.54 Å². The van der Waals surface area contributed by atoms with Crippen molar-refractivity contribution in [3.63, 3.8) is 0 Å². The minimum atomic E-state index is 0. The average molecular weight is 444 g/mol. The van der Waals surface area contributed by atoms with Crippen molar-refractivity contribution in [1.82, 2.24) is 0 Å². The second-order valence-electron chi connectivity index (χ2n) is 2.85. The van der Waals surface area contributed by atoms with Crippen molar-refractivity contribution in [1.29, 1.82) is 0 Å². The second-order valence-corrected chi connectivity index (χ2v) is 2.85. The molecule has 1 radical (unpaired) electrons. The summed E-state index contributed by atoms with van der Waals surface area (Å²) in [5, 5.41) is 0. The van der Waals surface area contributed by atoms with Crippen molar-refractivity contribution in [2.45, 2.75) is 40.0 Å². The van der Waals surface area contributed by atoms with Gasteiger partial charge in [-0.2, -0.15) is 33.7 Å². The first-order valence-electron chi connectivity index (χ1n) is 3.91. The van der Waals surface area contributed by atoms with Crippen LogP contribution in [0.1, 0.15) is 40.0 Å². The number of rotatable bonds is 4.